The minimum atomic E-state index is 0.464. The van der Waals surface area contributed by atoms with Crippen LogP contribution in [-0.4, -0.2) is 30.6 Å². The standard InChI is InChI=1S/C11H18N2O/c1-3-13(11-6-12-7-11)9(2)10-4-5-14-8-10/h4-5,8-9,11-12H,3,6-7H2,1-2H3. The lowest BCUT2D eigenvalue weighted by molar-refractivity contribution is 0.109. The molecule has 0 amide bonds. The van der Waals surface area contributed by atoms with Gasteiger partial charge in [0.2, 0.25) is 0 Å². The van der Waals surface area contributed by atoms with Crippen molar-refractivity contribution in [1.29, 1.82) is 0 Å². The Hall–Kier alpha value is -0.800. The van der Waals surface area contributed by atoms with Gasteiger partial charge in [0.25, 0.3) is 0 Å². The van der Waals surface area contributed by atoms with E-state index in [4.69, 9.17) is 4.42 Å². The third-order valence-corrected chi connectivity index (χ3v) is 3.12. The SMILES string of the molecule is CCN(C1CNC1)C(C)c1ccoc1. The highest BCUT2D eigenvalue weighted by atomic mass is 16.3. The number of rotatable bonds is 4. The maximum Gasteiger partial charge on any atom is 0.0950 e. The third kappa shape index (κ3) is 1.70. The van der Waals surface area contributed by atoms with Crippen LogP contribution in [0.2, 0.25) is 0 Å². The van der Waals surface area contributed by atoms with Crippen molar-refractivity contribution in [1.82, 2.24) is 10.2 Å². The van der Waals surface area contributed by atoms with Crippen LogP contribution in [-0.2, 0) is 0 Å². The van der Waals surface area contributed by atoms with E-state index < -0.39 is 0 Å². The van der Waals surface area contributed by atoms with Crippen LogP contribution < -0.4 is 5.32 Å². The van der Waals surface area contributed by atoms with Crippen molar-refractivity contribution < 1.29 is 4.42 Å². The van der Waals surface area contributed by atoms with Gasteiger partial charge in [0.15, 0.2) is 0 Å². The Bertz CT molecular complexity index is 267. The maximum atomic E-state index is 5.12. The highest BCUT2D eigenvalue weighted by Crippen LogP contribution is 2.23. The smallest absolute Gasteiger partial charge is 0.0950 e. The lowest BCUT2D eigenvalue weighted by Gasteiger charge is -2.41. The summed E-state index contributed by atoms with van der Waals surface area (Å²) in [5.74, 6) is 0. The van der Waals surface area contributed by atoms with Crippen molar-refractivity contribution in [3.63, 3.8) is 0 Å². The minimum Gasteiger partial charge on any atom is -0.472 e. The third-order valence-electron chi connectivity index (χ3n) is 3.12. The quantitative estimate of drug-likeness (QED) is 0.789. The second-order valence-electron chi connectivity index (χ2n) is 3.88. The molecule has 78 valence electrons. The first-order valence-electron chi connectivity index (χ1n) is 5.31. The summed E-state index contributed by atoms with van der Waals surface area (Å²) in [6, 6.07) is 3.22. The van der Waals surface area contributed by atoms with Crippen LogP contribution in [0.3, 0.4) is 0 Å². The van der Waals surface area contributed by atoms with Crippen molar-refractivity contribution >= 4 is 0 Å². The van der Waals surface area contributed by atoms with Gasteiger partial charge in [0.1, 0.15) is 0 Å². The number of hydrogen-bond acceptors (Lipinski definition) is 3. The van der Waals surface area contributed by atoms with Gasteiger partial charge in [0, 0.05) is 30.7 Å². The predicted molar refractivity (Wildman–Crippen MR) is 56.2 cm³/mol. The maximum absolute atomic E-state index is 5.12. The van der Waals surface area contributed by atoms with Gasteiger partial charge in [0.05, 0.1) is 12.5 Å². The van der Waals surface area contributed by atoms with Crippen LogP contribution >= 0.6 is 0 Å². The van der Waals surface area contributed by atoms with Crippen molar-refractivity contribution in [2.24, 2.45) is 0 Å². The Kier molecular flexibility index (Phi) is 2.89. The Morgan fingerprint density at radius 2 is 2.43 bits per heavy atom. The van der Waals surface area contributed by atoms with Gasteiger partial charge >= 0.3 is 0 Å². The molecule has 1 aromatic heterocycles. The van der Waals surface area contributed by atoms with Gasteiger partial charge in [-0.05, 0) is 19.5 Å². The van der Waals surface area contributed by atoms with E-state index in [-0.39, 0.29) is 0 Å². The molecule has 1 fully saturated rings. The Balaban J connectivity index is 2.03. The van der Waals surface area contributed by atoms with Gasteiger partial charge < -0.3 is 9.73 Å². The molecule has 1 aliphatic rings. The average Bonchev–Trinajstić information content (AvgIpc) is 2.62. The first kappa shape index (κ1) is 9.74. The van der Waals surface area contributed by atoms with Gasteiger partial charge in [-0.2, -0.15) is 0 Å². The number of furan rings is 1. The fraction of sp³-hybridized carbons (Fsp3) is 0.636. The largest absolute Gasteiger partial charge is 0.472 e. The van der Waals surface area contributed by atoms with Gasteiger partial charge in [-0.1, -0.05) is 6.92 Å². The molecule has 1 aliphatic heterocycles. The Morgan fingerprint density at radius 1 is 1.64 bits per heavy atom. The summed E-state index contributed by atoms with van der Waals surface area (Å²) in [5, 5.41) is 3.31. The molecule has 2 heterocycles. The van der Waals surface area contributed by atoms with Crippen LogP contribution in [0.4, 0.5) is 0 Å². The number of nitrogens with one attached hydrogen (secondary N) is 1. The first-order valence-corrected chi connectivity index (χ1v) is 5.31. The first-order chi connectivity index (χ1) is 6.83. The summed E-state index contributed by atoms with van der Waals surface area (Å²) < 4.78 is 5.12. The summed E-state index contributed by atoms with van der Waals surface area (Å²) in [4.78, 5) is 2.52. The van der Waals surface area contributed by atoms with Crippen molar-refractivity contribution in [2.45, 2.75) is 25.9 Å². The highest BCUT2D eigenvalue weighted by molar-refractivity contribution is 5.11. The summed E-state index contributed by atoms with van der Waals surface area (Å²) in [6.07, 6.45) is 3.60. The summed E-state index contributed by atoms with van der Waals surface area (Å²) >= 11 is 0. The fourth-order valence-electron chi connectivity index (χ4n) is 2.06. The molecule has 14 heavy (non-hydrogen) atoms. The number of likely N-dealkylation sites (N-methyl/N-ethyl adjacent to an activating group) is 1. The lowest BCUT2D eigenvalue weighted by atomic mass is 10.0. The second kappa shape index (κ2) is 4.15. The lowest BCUT2D eigenvalue weighted by Crippen LogP contribution is -2.57. The Labute approximate surface area is 85.1 Å². The monoisotopic (exact) mass is 194 g/mol. The molecular formula is C11H18N2O. The molecular weight excluding hydrogens is 176 g/mol. The molecule has 1 aromatic rings. The molecule has 3 nitrogen and oxygen atoms in total. The molecule has 0 aliphatic carbocycles. The molecule has 0 bridgehead atoms. The van der Waals surface area contributed by atoms with Gasteiger partial charge in [-0.3, -0.25) is 4.90 Å². The number of nitrogens with zero attached hydrogens (tertiary/aromatic N) is 1. The van der Waals surface area contributed by atoms with Crippen LogP contribution in [0.15, 0.2) is 23.0 Å². The van der Waals surface area contributed by atoms with Crippen molar-refractivity contribution in [2.75, 3.05) is 19.6 Å². The van der Waals surface area contributed by atoms with Crippen LogP contribution in [0.5, 0.6) is 0 Å². The highest BCUT2D eigenvalue weighted by Gasteiger charge is 2.27. The Morgan fingerprint density at radius 3 is 2.86 bits per heavy atom. The normalized spacial score (nSPS) is 19.6. The molecule has 1 unspecified atom stereocenters. The molecule has 1 atom stereocenters. The van der Waals surface area contributed by atoms with Crippen LogP contribution in [0.1, 0.15) is 25.5 Å². The van der Waals surface area contributed by atoms with Gasteiger partial charge in [-0.15, -0.1) is 0 Å². The number of hydrogen-bond donors (Lipinski definition) is 1. The van der Waals surface area contributed by atoms with Crippen LogP contribution in [0, 0.1) is 0 Å². The molecule has 1 saturated heterocycles. The summed E-state index contributed by atoms with van der Waals surface area (Å²) in [6.45, 7) is 7.80. The molecule has 0 saturated carbocycles. The summed E-state index contributed by atoms with van der Waals surface area (Å²) in [5.41, 5.74) is 1.28. The topological polar surface area (TPSA) is 28.4 Å². The molecule has 1 N–H and O–H groups in total. The van der Waals surface area contributed by atoms with E-state index in [9.17, 15) is 0 Å². The molecule has 0 radical (unpaired) electrons. The zero-order valence-corrected chi connectivity index (χ0v) is 8.86. The van der Waals surface area contributed by atoms with Gasteiger partial charge in [-0.25, -0.2) is 0 Å². The van der Waals surface area contributed by atoms with Crippen LogP contribution in [0.25, 0.3) is 0 Å². The molecule has 0 spiro atoms. The minimum absolute atomic E-state index is 0.464. The summed E-state index contributed by atoms with van der Waals surface area (Å²) in [7, 11) is 0. The van der Waals surface area contributed by atoms with E-state index in [0.29, 0.717) is 12.1 Å². The molecule has 2 rings (SSSR count). The van der Waals surface area contributed by atoms with Crippen molar-refractivity contribution in [3.8, 4) is 0 Å². The predicted octanol–water partition coefficient (Wildman–Crippen LogP) is 1.63. The van der Waals surface area contributed by atoms with E-state index in [2.05, 4.69) is 30.1 Å². The zero-order chi connectivity index (χ0) is 9.97. The van der Waals surface area contributed by atoms with E-state index in [0.717, 1.165) is 19.6 Å². The average molecular weight is 194 g/mol. The second-order valence-corrected chi connectivity index (χ2v) is 3.88. The van der Waals surface area contributed by atoms with E-state index in [1.807, 2.05) is 6.26 Å². The van der Waals surface area contributed by atoms with E-state index in [1.165, 1.54) is 5.56 Å². The molecule has 3 heteroatoms. The van der Waals surface area contributed by atoms with E-state index in [1.54, 1.807) is 6.26 Å². The fourth-order valence-corrected chi connectivity index (χ4v) is 2.06. The zero-order valence-electron chi connectivity index (χ0n) is 8.86. The van der Waals surface area contributed by atoms with E-state index >= 15 is 0 Å². The molecule has 0 aromatic carbocycles. The van der Waals surface area contributed by atoms with Crippen molar-refractivity contribution in [3.05, 3.63) is 24.2 Å².